The first kappa shape index (κ1) is 17.4. The molecule has 1 aromatic carbocycles. The van der Waals surface area contributed by atoms with Gasteiger partial charge in [-0.2, -0.15) is 0 Å². The summed E-state index contributed by atoms with van der Waals surface area (Å²) in [5.41, 5.74) is 1.28. The van der Waals surface area contributed by atoms with Crippen molar-refractivity contribution in [2.75, 3.05) is 38.0 Å². The Balaban J connectivity index is 1.48. The van der Waals surface area contributed by atoms with Crippen molar-refractivity contribution in [3.63, 3.8) is 0 Å². The normalized spacial score (nSPS) is 15.2. The molecule has 1 fully saturated rings. The summed E-state index contributed by atoms with van der Waals surface area (Å²) in [7, 11) is 0. The molecule has 1 aliphatic rings. The lowest BCUT2D eigenvalue weighted by atomic mass is 10.2. The Morgan fingerprint density at radius 2 is 1.96 bits per heavy atom. The van der Waals surface area contributed by atoms with Crippen LogP contribution in [0, 0.1) is 6.92 Å². The number of piperazine rings is 1. The summed E-state index contributed by atoms with van der Waals surface area (Å²) >= 11 is 6.04. The second-order valence-electron chi connectivity index (χ2n) is 5.93. The number of anilines is 1. The Kier molecular flexibility index (Phi) is 5.35. The summed E-state index contributed by atoms with van der Waals surface area (Å²) in [6.45, 7) is 4.35. The molecule has 8 heteroatoms. The molecule has 25 heavy (non-hydrogen) atoms. The molecule has 0 atom stereocenters. The van der Waals surface area contributed by atoms with E-state index in [0.29, 0.717) is 42.6 Å². The van der Waals surface area contributed by atoms with Crippen LogP contribution in [-0.2, 0) is 4.79 Å². The maximum atomic E-state index is 12.3. The number of para-hydroxylation sites is 1. The largest absolute Gasteiger partial charge is 0.351 e. The third-order valence-electron chi connectivity index (χ3n) is 4.01. The number of hydrogen-bond acceptors (Lipinski definition) is 5. The van der Waals surface area contributed by atoms with Gasteiger partial charge in [0.05, 0.1) is 22.9 Å². The zero-order valence-electron chi connectivity index (χ0n) is 13.9. The summed E-state index contributed by atoms with van der Waals surface area (Å²) in [6, 6.07) is 8.75. The number of halogens is 1. The molecule has 3 rings (SSSR count). The highest BCUT2D eigenvalue weighted by atomic mass is 35.5. The predicted octanol–water partition coefficient (Wildman–Crippen LogP) is 2.03. The van der Waals surface area contributed by atoms with Crippen LogP contribution in [-0.4, -0.2) is 59.5 Å². The van der Waals surface area contributed by atoms with Gasteiger partial charge < -0.3 is 14.7 Å². The van der Waals surface area contributed by atoms with E-state index in [2.05, 4.69) is 10.5 Å². The minimum Gasteiger partial charge on any atom is -0.351 e. The molecule has 2 amide bonds. The van der Waals surface area contributed by atoms with Gasteiger partial charge >= 0.3 is 0 Å². The third-order valence-corrected chi connectivity index (χ3v) is 4.34. The lowest BCUT2D eigenvalue weighted by molar-refractivity contribution is -0.117. The van der Waals surface area contributed by atoms with E-state index in [0.717, 1.165) is 0 Å². The van der Waals surface area contributed by atoms with E-state index < -0.39 is 0 Å². The van der Waals surface area contributed by atoms with Crippen molar-refractivity contribution >= 4 is 29.1 Å². The number of rotatable bonds is 4. The van der Waals surface area contributed by atoms with Crippen molar-refractivity contribution in [2.45, 2.75) is 6.92 Å². The molecule has 1 saturated heterocycles. The van der Waals surface area contributed by atoms with Crippen molar-refractivity contribution in [1.29, 1.82) is 0 Å². The molecule has 1 aliphatic heterocycles. The number of carbonyl (C=O) groups excluding carboxylic acids is 2. The second-order valence-corrected chi connectivity index (χ2v) is 6.34. The first-order chi connectivity index (χ1) is 12.0. The fourth-order valence-corrected chi connectivity index (χ4v) is 2.87. The van der Waals surface area contributed by atoms with Crippen LogP contribution in [0.5, 0.6) is 0 Å². The summed E-state index contributed by atoms with van der Waals surface area (Å²) in [5.74, 6) is -0.0399. The van der Waals surface area contributed by atoms with Gasteiger partial charge in [-0.05, 0) is 19.1 Å². The molecule has 2 aromatic rings. The Morgan fingerprint density at radius 3 is 2.60 bits per heavy atom. The van der Waals surface area contributed by atoms with Gasteiger partial charge in [0, 0.05) is 32.2 Å². The molecule has 7 nitrogen and oxygen atoms in total. The highest BCUT2D eigenvalue weighted by Gasteiger charge is 2.25. The van der Waals surface area contributed by atoms with E-state index >= 15 is 0 Å². The molecular weight excluding hydrogens is 344 g/mol. The molecule has 0 aliphatic carbocycles. The zero-order chi connectivity index (χ0) is 17.8. The van der Waals surface area contributed by atoms with Crippen LogP contribution >= 0.6 is 11.6 Å². The number of aromatic nitrogens is 1. The minimum atomic E-state index is -0.166. The molecule has 2 heterocycles. The van der Waals surface area contributed by atoms with Crippen molar-refractivity contribution in [3.05, 3.63) is 46.8 Å². The van der Waals surface area contributed by atoms with E-state index in [1.54, 1.807) is 30.0 Å². The van der Waals surface area contributed by atoms with E-state index in [1.807, 2.05) is 17.0 Å². The molecule has 1 N–H and O–H groups in total. The van der Waals surface area contributed by atoms with Gasteiger partial charge in [0.2, 0.25) is 11.7 Å². The average molecular weight is 363 g/mol. The molecular formula is C17H19ClN4O3. The van der Waals surface area contributed by atoms with Gasteiger partial charge in [-0.25, -0.2) is 0 Å². The van der Waals surface area contributed by atoms with Gasteiger partial charge in [-0.1, -0.05) is 28.9 Å². The highest BCUT2D eigenvalue weighted by Crippen LogP contribution is 2.20. The Labute approximate surface area is 150 Å². The van der Waals surface area contributed by atoms with Crippen LogP contribution in [0.4, 0.5) is 5.69 Å². The van der Waals surface area contributed by atoms with Crippen molar-refractivity contribution in [3.8, 4) is 0 Å². The van der Waals surface area contributed by atoms with Gasteiger partial charge in [-0.15, -0.1) is 0 Å². The van der Waals surface area contributed by atoms with Crippen molar-refractivity contribution in [1.82, 2.24) is 15.0 Å². The fraction of sp³-hybridized carbons (Fsp3) is 0.353. The van der Waals surface area contributed by atoms with Crippen LogP contribution in [0.2, 0.25) is 5.02 Å². The first-order valence-electron chi connectivity index (χ1n) is 8.02. The number of hydrogen-bond donors (Lipinski definition) is 1. The monoisotopic (exact) mass is 362 g/mol. The van der Waals surface area contributed by atoms with Gasteiger partial charge in [0.1, 0.15) is 0 Å². The van der Waals surface area contributed by atoms with Crippen molar-refractivity contribution in [2.24, 2.45) is 0 Å². The summed E-state index contributed by atoms with van der Waals surface area (Å²) in [6.07, 6.45) is 0. The predicted molar refractivity (Wildman–Crippen MR) is 93.7 cm³/mol. The van der Waals surface area contributed by atoms with E-state index in [-0.39, 0.29) is 24.1 Å². The van der Waals surface area contributed by atoms with Crippen LogP contribution in [0.3, 0.4) is 0 Å². The van der Waals surface area contributed by atoms with Crippen LogP contribution < -0.4 is 5.32 Å². The molecule has 132 valence electrons. The van der Waals surface area contributed by atoms with Crippen LogP contribution in [0.15, 0.2) is 34.9 Å². The number of carbonyl (C=O) groups is 2. The summed E-state index contributed by atoms with van der Waals surface area (Å²) in [4.78, 5) is 28.2. The first-order valence-corrected chi connectivity index (χ1v) is 8.40. The van der Waals surface area contributed by atoms with Crippen LogP contribution in [0.25, 0.3) is 0 Å². The summed E-state index contributed by atoms with van der Waals surface area (Å²) in [5, 5.41) is 7.05. The van der Waals surface area contributed by atoms with E-state index in [9.17, 15) is 9.59 Å². The van der Waals surface area contributed by atoms with Crippen molar-refractivity contribution < 1.29 is 14.1 Å². The van der Waals surface area contributed by atoms with E-state index in [4.69, 9.17) is 16.1 Å². The minimum absolute atomic E-state index is 0.126. The molecule has 0 unspecified atom stereocenters. The van der Waals surface area contributed by atoms with Gasteiger partial charge in [0.15, 0.2) is 0 Å². The molecule has 0 spiro atoms. The third kappa shape index (κ3) is 4.37. The maximum absolute atomic E-state index is 12.3. The number of nitrogens with one attached hydrogen (secondary N) is 1. The average Bonchev–Trinajstić information content (AvgIpc) is 3.03. The molecule has 0 saturated carbocycles. The fourth-order valence-electron chi connectivity index (χ4n) is 2.68. The maximum Gasteiger partial charge on any atom is 0.292 e. The number of nitrogens with zero attached hydrogens (tertiary/aromatic N) is 3. The number of aryl methyl sites for hydroxylation is 1. The second kappa shape index (κ2) is 7.67. The zero-order valence-corrected chi connectivity index (χ0v) is 14.6. The molecule has 0 radical (unpaired) electrons. The Morgan fingerprint density at radius 1 is 1.24 bits per heavy atom. The number of amides is 2. The molecule has 0 bridgehead atoms. The smallest absolute Gasteiger partial charge is 0.292 e. The lowest BCUT2D eigenvalue weighted by Gasteiger charge is -2.33. The topological polar surface area (TPSA) is 78.7 Å². The Hall–Kier alpha value is -2.38. The Bertz CT molecular complexity index is 769. The van der Waals surface area contributed by atoms with Gasteiger partial charge in [0.25, 0.3) is 5.91 Å². The van der Waals surface area contributed by atoms with Gasteiger partial charge in [-0.3, -0.25) is 14.5 Å². The highest BCUT2D eigenvalue weighted by molar-refractivity contribution is 6.33. The number of benzene rings is 1. The quantitative estimate of drug-likeness (QED) is 0.900. The standard InChI is InChI=1S/C17H19ClN4O3/c1-12-10-15(25-20-12)17(24)22-8-6-21(7-9-22)11-16(23)19-14-5-3-2-4-13(14)18/h2-5,10H,6-9,11H2,1H3,(H,19,23). The van der Waals surface area contributed by atoms with E-state index in [1.165, 1.54) is 0 Å². The molecule has 1 aromatic heterocycles. The van der Waals surface area contributed by atoms with Crippen LogP contribution in [0.1, 0.15) is 16.2 Å². The SMILES string of the molecule is Cc1cc(C(=O)N2CCN(CC(=O)Nc3ccccc3Cl)CC2)on1. The summed E-state index contributed by atoms with van der Waals surface area (Å²) < 4.78 is 5.02. The lowest BCUT2D eigenvalue weighted by Crippen LogP contribution is -2.50.